The number of carbonyl (C=O) groups excluding carboxylic acids is 1. The molecule has 1 amide bonds. The molecule has 0 saturated carbocycles. The highest BCUT2D eigenvalue weighted by Crippen LogP contribution is 2.19. The third-order valence-corrected chi connectivity index (χ3v) is 3.94. The van der Waals surface area contributed by atoms with Crippen LogP contribution < -0.4 is 10.6 Å². The van der Waals surface area contributed by atoms with E-state index in [1.54, 1.807) is 11.8 Å². The summed E-state index contributed by atoms with van der Waals surface area (Å²) in [5.74, 6) is 3.21. The van der Waals surface area contributed by atoms with E-state index >= 15 is 0 Å². The summed E-state index contributed by atoms with van der Waals surface area (Å²) in [7, 11) is 0. The summed E-state index contributed by atoms with van der Waals surface area (Å²) in [5.41, 5.74) is 0. The number of amides is 1. The Labute approximate surface area is 102 Å². The first kappa shape index (κ1) is 13.4. The molecule has 1 heterocycles. The third-order valence-electron chi connectivity index (χ3n) is 2.57. The van der Waals surface area contributed by atoms with E-state index in [1.165, 1.54) is 0 Å². The van der Waals surface area contributed by atoms with Gasteiger partial charge in [-0.15, -0.1) is 24.1 Å². The first-order valence-electron chi connectivity index (χ1n) is 5.77. The topological polar surface area (TPSA) is 41.1 Å². The Balaban J connectivity index is 2.12. The van der Waals surface area contributed by atoms with Crippen LogP contribution in [-0.2, 0) is 4.79 Å². The minimum Gasteiger partial charge on any atom is -0.352 e. The molecular formula is C12H20N2OS. The molecule has 4 heteroatoms. The van der Waals surface area contributed by atoms with E-state index in [0.29, 0.717) is 17.4 Å². The van der Waals surface area contributed by atoms with Crippen LogP contribution in [0.25, 0.3) is 0 Å². The fourth-order valence-corrected chi connectivity index (χ4v) is 2.74. The molecule has 0 radical (unpaired) electrons. The summed E-state index contributed by atoms with van der Waals surface area (Å²) in [4.78, 5) is 11.6. The predicted octanol–water partition coefficient (Wildman–Crippen LogP) is 1.000. The van der Waals surface area contributed by atoms with Gasteiger partial charge in [-0.25, -0.2) is 0 Å². The van der Waals surface area contributed by atoms with Crippen molar-refractivity contribution in [1.82, 2.24) is 10.6 Å². The highest BCUT2D eigenvalue weighted by atomic mass is 32.2. The van der Waals surface area contributed by atoms with Gasteiger partial charge in [0, 0.05) is 17.7 Å². The highest BCUT2D eigenvalue weighted by molar-refractivity contribution is 8.00. The number of thioether (sulfide) groups is 1. The van der Waals surface area contributed by atoms with Gasteiger partial charge in [0.2, 0.25) is 5.91 Å². The summed E-state index contributed by atoms with van der Waals surface area (Å²) in [5, 5.41) is 6.85. The second kappa shape index (κ2) is 7.59. The van der Waals surface area contributed by atoms with Gasteiger partial charge in [-0.1, -0.05) is 0 Å². The number of piperidine rings is 1. The minimum absolute atomic E-state index is 0.0890. The minimum atomic E-state index is 0.0890. The normalized spacial score (nSPS) is 18.8. The van der Waals surface area contributed by atoms with E-state index in [1.807, 2.05) is 6.92 Å². The molecule has 90 valence electrons. The van der Waals surface area contributed by atoms with Crippen molar-refractivity contribution in [2.75, 3.05) is 18.8 Å². The average molecular weight is 240 g/mol. The Morgan fingerprint density at radius 3 is 2.94 bits per heavy atom. The lowest BCUT2D eigenvalue weighted by Crippen LogP contribution is -2.35. The third kappa shape index (κ3) is 5.43. The van der Waals surface area contributed by atoms with Crippen molar-refractivity contribution >= 4 is 17.7 Å². The molecule has 0 spiro atoms. The van der Waals surface area contributed by atoms with Crippen LogP contribution >= 0.6 is 11.8 Å². The molecule has 1 aliphatic rings. The van der Waals surface area contributed by atoms with Crippen molar-refractivity contribution in [2.24, 2.45) is 0 Å². The van der Waals surface area contributed by atoms with Crippen molar-refractivity contribution < 1.29 is 4.79 Å². The number of terminal acetylenes is 1. The Bertz CT molecular complexity index is 256. The lowest BCUT2D eigenvalue weighted by Gasteiger charge is -2.22. The zero-order chi connectivity index (χ0) is 11.8. The van der Waals surface area contributed by atoms with Crippen LogP contribution in [0.5, 0.6) is 0 Å². The number of hydrogen-bond acceptors (Lipinski definition) is 3. The molecule has 1 atom stereocenters. The number of carbonyl (C=O) groups is 1. The van der Waals surface area contributed by atoms with Crippen LogP contribution in [0.1, 0.15) is 26.2 Å². The van der Waals surface area contributed by atoms with Crippen molar-refractivity contribution in [3.8, 4) is 12.3 Å². The van der Waals surface area contributed by atoms with Crippen molar-refractivity contribution in [3.63, 3.8) is 0 Å². The van der Waals surface area contributed by atoms with Gasteiger partial charge in [-0.3, -0.25) is 4.79 Å². The molecular weight excluding hydrogens is 220 g/mol. The summed E-state index contributed by atoms with van der Waals surface area (Å²) in [6, 6.07) is 0.0890. The summed E-state index contributed by atoms with van der Waals surface area (Å²) < 4.78 is 0. The van der Waals surface area contributed by atoms with Gasteiger partial charge >= 0.3 is 0 Å². The summed E-state index contributed by atoms with van der Waals surface area (Å²) in [6.45, 7) is 4.09. The van der Waals surface area contributed by atoms with E-state index in [2.05, 4.69) is 16.6 Å². The van der Waals surface area contributed by atoms with Crippen LogP contribution in [0.15, 0.2) is 0 Å². The molecule has 2 N–H and O–H groups in total. The van der Waals surface area contributed by atoms with Crippen LogP contribution in [0.3, 0.4) is 0 Å². The average Bonchev–Trinajstić information content (AvgIpc) is 2.28. The largest absolute Gasteiger partial charge is 0.352 e. The molecule has 1 fully saturated rings. The smallest absolute Gasteiger partial charge is 0.230 e. The van der Waals surface area contributed by atoms with Gasteiger partial charge in [0.15, 0.2) is 0 Å². The molecule has 1 aliphatic heterocycles. The molecule has 0 aromatic carbocycles. The predicted molar refractivity (Wildman–Crippen MR) is 69.4 cm³/mol. The Hall–Kier alpha value is -0.660. The summed E-state index contributed by atoms with van der Waals surface area (Å²) in [6.07, 6.45) is 8.11. The molecule has 1 rings (SSSR count). The molecule has 0 aromatic heterocycles. The van der Waals surface area contributed by atoms with Gasteiger partial charge in [-0.05, 0) is 32.9 Å². The molecule has 0 aliphatic carbocycles. The van der Waals surface area contributed by atoms with Gasteiger partial charge in [0.25, 0.3) is 0 Å². The Morgan fingerprint density at radius 2 is 2.31 bits per heavy atom. The second-order valence-electron chi connectivity index (χ2n) is 4.14. The van der Waals surface area contributed by atoms with Crippen molar-refractivity contribution in [3.05, 3.63) is 0 Å². The standard InChI is InChI=1S/C12H20N2OS/c1-3-4-10(2)14-12(15)9-16-11-5-7-13-8-6-11/h1,10-11,13H,4-9H2,2H3,(H,14,15). The van der Waals surface area contributed by atoms with Crippen molar-refractivity contribution in [2.45, 2.75) is 37.5 Å². The lowest BCUT2D eigenvalue weighted by molar-refractivity contribution is -0.119. The maximum absolute atomic E-state index is 11.6. The van der Waals surface area contributed by atoms with Crippen LogP contribution in [0.2, 0.25) is 0 Å². The van der Waals surface area contributed by atoms with E-state index in [0.717, 1.165) is 25.9 Å². The molecule has 16 heavy (non-hydrogen) atoms. The Kier molecular flexibility index (Phi) is 6.36. The highest BCUT2D eigenvalue weighted by Gasteiger charge is 2.15. The SMILES string of the molecule is C#CCC(C)NC(=O)CSC1CCNCC1. The van der Waals surface area contributed by atoms with E-state index < -0.39 is 0 Å². The van der Waals surface area contributed by atoms with E-state index in [9.17, 15) is 4.79 Å². The van der Waals surface area contributed by atoms with Crippen LogP contribution in [0.4, 0.5) is 0 Å². The maximum atomic E-state index is 11.6. The molecule has 0 bridgehead atoms. The van der Waals surface area contributed by atoms with Gasteiger partial charge in [-0.2, -0.15) is 0 Å². The van der Waals surface area contributed by atoms with Gasteiger partial charge < -0.3 is 10.6 Å². The zero-order valence-corrected chi connectivity index (χ0v) is 10.6. The van der Waals surface area contributed by atoms with E-state index in [-0.39, 0.29) is 11.9 Å². The van der Waals surface area contributed by atoms with E-state index in [4.69, 9.17) is 6.42 Å². The molecule has 1 saturated heterocycles. The van der Waals surface area contributed by atoms with Crippen molar-refractivity contribution in [1.29, 1.82) is 0 Å². The summed E-state index contributed by atoms with van der Waals surface area (Å²) >= 11 is 1.76. The maximum Gasteiger partial charge on any atom is 0.230 e. The van der Waals surface area contributed by atoms with Crippen LogP contribution in [0, 0.1) is 12.3 Å². The number of nitrogens with one attached hydrogen (secondary N) is 2. The lowest BCUT2D eigenvalue weighted by atomic mass is 10.2. The zero-order valence-electron chi connectivity index (χ0n) is 9.79. The number of rotatable bonds is 5. The molecule has 1 unspecified atom stereocenters. The fraction of sp³-hybridized carbons (Fsp3) is 0.750. The monoisotopic (exact) mass is 240 g/mol. The van der Waals surface area contributed by atoms with Gasteiger partial charge in [0.1, 0.15) is 0 Å². The first-order valence-corrected chi connectivity index (χ1v) is 6.82. The quantitative estimate of drug-likeness (QED) is 0.704. The molecule has 0 aromatic rings. The molecule has 3 nitrogen and oxygen atoms in total. The van der Waals surface area contributed by atoms with Gasteiger partial charge in [0.05, 0.1) is 5.75 Å². The number of hydrogen-bond donors (Lipinski definition) is 2. The fourth-order valence-electron chi connectivity index (χ4n) is 1.70. The van der Waals surface area contributed by atoms with Crippen LogP contribution in [-0.4, -0.2) is 36.0 Å². The Morgan fingerprint density at radius 1 is 1.62 bits per heavy atom. The first-order chi connectivity index (χ1) is 7.72. The second-order valence-corrected chi connectivity index (χ2v) is 5.43.